The van der Waals surface area contributed by atoms with E-state index in [1.54, 1.807) is 18.3 Å². The van der Waals surface area contributed by atoms with Gasteiger partial charge in [0.1, 0.15) is 11.5 Å². The third-order valence-corrected chi connectivity index (χ3v) is 5.21. The van der Waals surface area contributed by atoms with E-state index in [4.69, 9.17) is 15.0 Å². The highest BCUT2D eigenvalue weighted by atomic mass is 16.5. The molecule has 1 aromatic heterocycles. The Balaban J connectivity index is 1.96. The molecule has 9 nitrogen and oxygen atoms in total. The van der Waals surface area contributed by atoms with Crippen LogP contribution in [0.25, 0.3) is 27.6 Å². The fraction of sp³-hybridized carbons (Fsp3) is 0.240. The van der Waals surface area contributed by atoms with Crippen molar-refractivity contribution in [2.75, 3.05) is 14.2 Å². The molecule has 2 aromatic carbocycles. The van der Waals surface area contributed by atoms with Crippen LogP contribution >= 0.6 is 0 Å². The minimum Gasteiger partial charge on any atom is -0.466 e. The summed E-state index contributed by atoms with van der Waals surface area (Å²) in [5.41, 5.74) is 12.4. The number of carbonyl (C=O) groups is 2. The number of rotatable bonds is 9. The van der Waals surface area contributed by atoms with Crippen LogP contribution < -0.4 is 0 Å². The Hall–Kier alpha value is -4.36. The lowest BCUT2D eigenvalue weighted by Crippen LogP contribution is -2.08. The summed E-state index contributed by atoms with van der Waals surface area (Å²) in [6, 6.07) is 15.1. The first kappa shape index (κ1) is 24.3. The van der Waals surface area contributed by atoms with Gasteiger partial charge in [0.15, 0.2) is 0 Å². The standard InChI is InChI=1S/C25H25N5O4/c1-4-7-23-27-15-19(14-22(28-29-26)25(32)34-3)30(23)16-17-10-12-18(13-11-17)20-8-5-6-9-21(20)24(31)33-2/h5-6,8-15H,4,7,16H2,1-3H3/b22-14+. The summed E-state index contributed by atoms with van der Waals surface area (Å²) in [7, 11) is 2.59. The Morgan fingerprint density at radius 1 is 1.12 bits per heavy atom. The lowest BCUT2D eigenvalue weighted by Gasteiger charge is -2.12. The van der Waals surface area contributed by atoms with Crippen molar-refractivity contribution in [1.29, 1.82) is 0 Å². The molecule has 174 valence electrons. The highest BCUT2D eigenvalue weighted by Crippen LogP contribution is 2.25. The van der Waals surface area contributed by atoms with E-state index < -0.39 is 5.97 Å². The van der Waals surface area contributed by atoms with E-state index in [2.05, 4.69) is 21.9 Å². The number of hydrogen-bond acceptors (Lipinski definition) is 6. The van der Waals surface area contributed by atoms with E-state index in [1.165, 1.54) is 20.3 Å². The van der Waals surface area contributed by atoms with Gasteiger partial charge in [-0.2, -0.15) is 0 Å². The van der Waals surface area contributed by atoms with Crippen molar-refractivity contribution in [2.45, 2.75) is 26.3 Å². The molecule has 34 heavy (non-hydrogen) atoms. The molecule has 0 atom stereocenters. The van der Waals surface area contributed by atoms with Crippen LogP contribution in [-0.2, 0) is 27.2 Å². The number of azide groups is 1. The molecule has 0 amide bonds. The zero-order valence-electron chi connectivity index (χ0n) is 19.3. The number of esters is 2. The molecule has 0 bridgehead atoms. The van der Waals surface area contributed by atoms with Crippen molar-refractivity contribution in [3.8, 4) is 11.1 Å². The number of nitrogens with zero attached hydrogens (tertiary/aromatic N) is 5. The maximum Gasteiger partial charge on any atom is 0.340 e. The van der Waals surface area contributed by atoms with Crippen molar-refractivity contribution >= 4 is 18.0 Å². The average molecular weight is 460 g/mol. The average Bonchev–Trinajstić information content (AvgIpc) is 3.24. The highest BCUT2D eigenvalue weighted by Gasteiger charge is 2.15. The van der Waals surface area contributed by atoms with Crippen LogP contribution in [0.3, 0.4) is 0 Å². The molecule has 0 aliphatic carbocycles. The molecule has 0 radical (unpaired) electrons. The molecule has 0 saturated heterocycles. The number of ether oxygens (including phenoxy) is 2. The Bertz CT molecular complexity index is 1250. The van der Waals surface area contributed by atoms with Gasteiger partial charge in [-0.05, 0) is 40.8 Å². The molecule has 3 aromatic rings. The van der Waals surface area contributed by atoms with E-state index in [0.717, 1.165) is 35.4 Å². The normalized spacial score (nSPS) is 11.0. The van der Waals surface area contributed by atoms with E-state index in [1.807, 2.05) is 41.0 Å². The predicted octanol–water partition coefficient (Wildman–Crippen LogP) is 5.16. The molecular formula is C25H25N5O4. The number of hydrogen-bond donors (Lipinski definition) is 0. The first-order valence-electron chi connectivity index (χ1n) is 10.7. The monoisotopic (exact) mass is 459 g/mol. The molecule has 0 fully saturated rings. The zero-order chi connectivity index (χ0) is 24.5. The Kier molecular flexibility index (Phi) is 8.21. The van der Waals surface area contributed by atoms with Crippen LogP contribution in [0.1, 0.15) is 40.8 Å². The van der Waals surface area contributed by atoms with E-state index in [0.29, 0.717) is 17.8 Å². The second-order valence-electron chi connectivity index (χ2n) is 7.38. The van der Waals surface area contributed by atoms with Gasteiger partial charge in [0.2, 0.25) is 0 Å². The van der Waals surface area contributed by atoms with Gasteiger partial charge >= 0.3 is 11.9 Å². The minimum atomic E-state index is -0.726. The number of methoxy groups -OCH3 is 2. The Morgan fingerprint density at radius 3 is 2.50 bits per heavy atom. The minimum absolute atomic E-state index is 0.149. The van der Waals surface area contributed by atoms with Crippen LogP contribution in [0, 0.1) is 0 Å². The second kappa shape index (κ2) is 11.5. The van der Waals surface area contributed by atoms with Gasteiger partial charge in [0.05, 0.1) is 31.7 Å². The number of imidazole rings is 1. The van der Waals surface area contributed by atoms with Gasteiger partial charge in [-0.25, -0.2) is 14.6 Å². The summed E-state index contributed by atoms with van der Waals surface area (Å²) in [6.07, 6.45) is 4.75. The molecule has 0 saturated carbocycles. The molecular weight excluding hydrogens is 434 g/mol. The molecule has 0 spiro atoms. The molecule has 9 heteroatoms. The number of aromatic nitrogens is 2. The topological polar surface area (TPSA) is 119 Å². The van der Waals surface area contributed by atoms with Crippen molar-refractivity contribution in [2.24, 2.45) is 5.11 Å². The van der Waals surface area contributed by atoms with Crippen LogP contribution in [0.5, 0.6) is 0 Å². The van der Waals surface area contributed by atoms with Gasteiger partial charge in [-0.1, -0.05) is 54.5 Å². The quantitative estimate of drug-likeness (QED) is 0.144. The van der Waals surface area contributed by atoms with Gasteiger partial charge in [0.25, 0.3) is 0 Å². The fourth-order valence-electron chi connectivity index (χ4n) is 3.57. The largest absolute Gasteiger partial charge is 0.466 e. The van der Waals surface area contributed by atoms with Crippen LogP contribution in [0.2, 0.25) is 0 Å². The number of benzene rings is 2. The van der Waals surface area contributed by atoms with Gasteiger partial charge in [0, 0.05) is 17.9 Å². The second-order valence-corrected chi connectivity index (χ2v) is 7.38. The Labute approximate surface area is 197 Å². The van der Waals surface area contributed by atoms with Crippen molar-refractivity contribution < 1.29 is 19.1 Å². The molecule has 0 unspecified atom stereocenters. The third kappa shape index (κ3) is 5.51. The summed E-state index contributed by atoms with van der Waals surface area (Å²) in [4.78, 5) is 31.3. The number of aryl methyl sites for hydroxylation is 1. The predicted molar refractivity (Wildman–Crippen MR) is 128 cm³/mol. The van der Waals surface area contributed by atoms with Crippen LogP contribution in [0.4, 0.5) is 0 Å². The van der Waals surface area contributed by atoms with Gasteiger partial charge < -0.3 is 14.0 Å². The van der Waals surface area contributed by atoms with Crippen LogP contribution in [0.15, 0.2) is 65.5 Å². The first-order chi connectivity index (χ1) is 16.5. The van der Waals surface area contributed by atoms with E-state index >= 15 is 0 Å². The maximum absolute atomic E-state index is 12.1. The van der Waals surface area contributed by atoms with Gasteiger partial charge in [-0.3, -0.25) is 0 Å². The molecule has 3 rings (SSSR count). The fourth-order valence-corrected chi connectivity index (χ4v) is 3.57. The Morgan fingerprint density at radius 2 is 1.85 bits per heavy atom. The summed E-state index contributed by atoms with van der Waals surface area (Å²) in [6.45, 7) is 2.55. The lowest BCUT2D eigenvalue weighted by atomic mass is 9.98. The van der Waals surface area contributed by atoms with E-state index in [9.17, 15) is 9.59 Å². The molecule has 0 N–H and O–H groups in total. The highest BCUT2D eigenvalue weighted by molar-refractivity contribution is 5.97. The smallest absolute Gasteiger partial charge is 0.340 e. The SMILES string of the molecule is CCCc1ncc(/C=C(/N=[N+]=[N-])C(=O)OC)n1Cc1ccc(-c2ccccc2C(=O)OC)cc1. The number of carbonyl (C=O) groups excluding carboxylic acids is 2. The molecule has 1 heterocycles. The van der Waals surface area contributed by atoms with Crippen molar-refractivity contribution in [3.63, 3.8) is 0 Å². The lowest BCUT2D eigenvalue weighted by molar-refractivity contribution is -0.136. The summed E-state index contributed by atoms with van der Waals surface area (Å²) >= 11 is 0. The zero-order valence-corrected chi connectivity index (χ0v) is 19.3. The van der Waals surface area contributed by atoms with Crippen molar-refractivity contribution in [3.05, 3.63) is 93.5 Å². The summed E-state index contributed by atoms with van der Waals surface area (Å²) < 4.78 is 11.6. The van der Waals surface area contributed by atoms with E-state index in [-0.39, 0.29) is 11.7 Å². The van der Waals surface area contributed by atoms with Gasteiger partial charge in [-0.15, -0.1) is 0 Å². The maximum atomic E-state index is 12.1. The van der Waals surface area contributed by atoms with Crippen LogP contribution in [-0.4, -0.2) is 35.7 Å². The van der Waals surface area contributed by atoms with Crippen molar-refractivity contribution in [1.82, 2.24) is 9.55 Å². The molecule has 0 aliphatic rings. The summed E-state index contributed by atoms with van der Waals surface area (Å²) in [5.74, 6) is -0.268. The molecule has 0 aliphatic heterocycles. The summed E-state index contributed by atoms with van der Waals surface area (Å²) in [5, 5.41) is 3.46. The first-order valence-corrected chi connectivity index (χ1v) is 10.7. The third-order valence-electron chi connectivity index (χ3n) is 5.21.